The molecule has 3 unspecified atom stereocenters. The molecule has 0 amide bonds. The van der Waals surface area contributed by atoms with Crippen LogP contribution in [0.4, 0.5) is 0 Å². The van der Waals surface area contributed by atoms with Gasteiger partial charge in [-0.15, -0.1) is 0 Å². The van der Waals surface area contributed by atoms with Crippen molar-refractivity contribution in [2.24, 2.45) is 0 Å². The molecule has 1 aliphatic rings. The zero-order chi connectivity index (χ0) is 12.9. The first-order chi connectivity index (χ1) is 7.90. The van der Waals surface area contributed by atoms with Gasteiger partial charge >= 0.3 is 0 Å². The predicted molar refractivity (Wildman–Crippen MR) is 70.3 cm³/mol. The first kappa shape index (κ1) is 15.3. The Morgan fingerprint density at radius 2 is 2.24 bits per heavy atom. The second kappa shape index (κ2) is 6.43. The maximum atomic E-state index is 10.8. The van der Waals surface area contributed by atoms with E-state index in [1.807, 2.05) is 6.92 Å². The summed E-state index contributed by atoms with van der Waals surface area (Å²) in [5.74, 6) is 0. The van der Waals surface area contributed by atoms with Crippen molar-refractivity contribution in [3.8, 4) is 0 Å². The maximum absolute atomic E-state index is 10.8. The van der Waals surface area contributed by atoms with Crippen molar-refractivity contribution < 1.29 is 17.1 Å². The second-order valence-corrected chi connectivity index (χ2v) is 6.51. The van der Waals surface area contributed by atoms with E-state index < -0.39 is 10.1 Å². The Bertz CT molecular complexity index is 327. The van der Waals surface area contributed by atoms with Crippen molar-refractivity contribution in [2.75, 3.05) is 19.4 Å². The molecule has 1 saturated heterocycles. The van der Waals surface area contributed by atoms with Crippen LogP contribution in [-0.2, 0) is 18.8 Å². The Morgan fingerprint density at radius 3 is 2.71 bits per heavy atom. The molecule has 1 rings (SSSR count). The zero-order valence-corrected chi connectivity index (χ0v) is 12.4. The van der Waals surface area contributed by atoms with Gasteiger partial charge in [-0.25, -0.2) is 0 Å². The van der Waals surface area contributed by atoms with Crippen LogP contribution in [0.15, 0.2) is 0 Å². The molecule has 1 fully saturated rings. The van der Waals surface area contributed by atoms with Gasteiger partial charge in [0.15, 0.2) is 0 Å². The molecule has 1 N–H and O–H groups in total. The van der Waals surface area contributed by atoms with Crippen LogP contribution < -0.4 is 5.32 Å². The lowest BCUT2D eigenvalue weighted by molar-refractivity contribution is 0.116. The third-order valence-electron chi connectivity index (χ3n) is 3.32. The molecule has 1 heterocycles. The van der Waals surface area contributed by atoms with Gasteiger partial charge in [-0.05, 0) is 39.2 Å². The Balaban J connectivity index is 2.41. The summed E-state index contributed by atoms with van der Waals surface area (Å²) in [4.78, 5) is 0. The van der Waals surface area contributed by atoms with Gasteiger partial charge in [0.05, 0.1) is 19.0 Å². The minimum atomic E-state index is -3.32. The third kappa shape index (κ3) is 4.79. The van der Waals surface area contributed by atoms with E-state index in [2.05, 4.69) is 14.8 Å². The second-order valence-electron chi connectivity index (χ2n) is 4.59. The average Bonchev–Trinajstić information content (AvgIpc) is 2.72. The van der Waals surface area contributed by atoms with Gasteiger partial charge in [-0.2, -0.15) is 8.42 Å². The SMILES string of the molecule is CC(OP)C1(CCCOS(C)(=O)=O)CCCN1. The molecule has 0 aromatic rings. The fourth-order valence-corrected chi connectivity index (χ4v) is 3.00. The Kier molecular flexibility index (Phi) is 5.80. The van der Waals surface area contributed by atoms with E-state index in [0.29, 0.717) is 6.42 Å². The summed E-state index contributed by atoms with van der Waals surface area (Å²) < 4.78 is 31.7. The van der Waals surface area contributed by atoms with E-state index in [4.69, 9.17) is 8.71 Å². The Labute approximate surface area is 106 Å². The van der Waals surface area contributed by atoms with Gasteiger partial charge < -0.3 is 9.84 Å². The summed E-state index contributed by atoms with van der Waals surface area (Å²) in [5, 5.41) is 3.48. The highest BCUT2D eigenvalue weighted by Crippen LogP contribution is 2.31. The van der Waals surface area contributed by atoms with Crippen LogP contribution in [0.25, 0.3) is 0 Å². The van der Waals surface area contributed by atoms with E-state index in [1.165, 1.54) is 0 Å². The van der Waals surface area contributed by atoms with Crippen molar-refractivity contribution >= 4 is 19.6 Å². The fraction of sp³-hybridized carbons (Fsp3) is 1.00. The number of hydrogen-bond donors (Lipinski definition) is 1. The molecule has 17 heavy (non-hydrogen) atoms. The summed E-state index contributed by atoms with van der Waals surface area (Å²) in [6.07, 6.45) is 4.92. The molecule has 7 heteroatoms. The average molecular weight is 283 g/mol. The lowest BCUT2D eigenvalue weighted by Crippen LogP contribution is -2.49. The minimum absolute atomic E-state index is 0.0391. The summed E-state index contributed by atoms with van der Waals surface area (Å²) in [6.45, 7) is 3.26. The monoisotopic (exact) mass is 283 g/mol. The van der Waals surface area contributed by atoms with Gasteiger partial charge in [0.2, 0.25) is 0 Å². The molecule has 0 bridgehead atoms. The molecule has 0 spiro atoms. The first-order valence-corrected chi connectivity index (χ1v) is 8.13. The third-order valence-corrected chi connectivity index (χ3v) is 4.33. The van der Waals surface area contributed by atoms with Crippen LogP contribution >= 0.6 is 9.47 Å². The molecule has 3 atom stereocenters. The van der Waals surface area contributed by atoms with E-state index in [-0.39, 0.29) is 18.2 Å². The molecule has 5 nitrogen and oxygen atoms in total. The molecule has 0 aromatic heterocycles. The quantitative estimate of drug-likeness (QED) is 0.430. The normalized spacial score (nSPS) is 27.2. The van der Waals surface area contributed by atoms with Crippen LogP contribution in [0.1, 0.15) is 32.6 Å². The highest BCUT2D eigenvalue weighted by Gasteiger charge is 2.38. The maximum Gasteiger partial charge on any atom is 0.264 e. The molecule has 0 radical (unpaired) electrons. The minimum Gasteiger partial charge on any atom is -0.361 e. The van der Waals surface area contributed by atoms with Crippen LogP contribution in [0.5, 0.6) is 0 Å². The van der Waals surface area contributed by atoms with E-state index in [9.17, 15) is 8.42 Å². The summed E-state index contributed by atoms with van der Waals surface area (Å²) >= 11 is 0. The van der Waals surface area contributed by atoms with Gasteiger partial charge in [0, 0.05) is 15.0 Å². The van der Waals surface area contributed by atoms with Crippen LogP contribution in [-0.4, -0.2) is 39.5 Å². The number of nitrogens with one attached hydrogen (secondary N) is 1. The van der Waals surface area contributed by atoms with Gasteiger partial charge in [-0.3, -0.25) is 4.18 Å². The molecule has 0 saturated carbocycles. The van der Waals surface area contributed by atoms with Crippen molar-refractivity contribution in [1.82, 2.24) is 5.32 Å². The van der Waals surface area contributed by atoms with Crippen molar-refractivity contribution in [2.45, 2.75) is 44.2 Å². The molecule has 1 aliphatic heterocycles. The first-order valence-electron chi connectivity index (χ1n) is 5.85. The molecule has 0 aromatic carbocycles. The van der Waals surface area contributed by atoms with Crippen LogP contribution in [0, 0.1) is 0 Å². The van der Waals surface area contributed by atoms with Crippen LogP contribution in [0.2, 0.25) is 0 Å². The van der Waals surface area contributed by atoms with Gasteiger partial charge in [0.1, 0.15) is 0 Å². The molecule has 0 aliphatic carbocycles. The molecular weight excluding hydrogens is 261 g/mol. The van der Waals surface area contributed by atoms with Crippen molar-refractivity contribution in [3.63, 3.8) is 0 Å². The smallest absolute Gasteiger partial charge is 0.264 e. The zero-order valence-electron chi connectivity index (χ0n) is 10.4. The Morgan fingerprint density at radius 1 is 1.53 bits per heavy atom. The van der Waals surface area contributed by atoms with Crippen LogP contribution in [0.3, 0.4) is 0 Å². The van der Waals surface area contributed by atoms with Gasteiger partial charge in [-0.1, -0.05) is 0 Å². The highest BCUT2D eigenvalue weighted by atomic mass is 32.2. The lowest BCUT2D eigenvalue weighted by Gasteiger charge is -2.34. The number of rotatable bonds is 7. The van der Waals surface area contributed by atoms with Crippen molar-refractivity contribution in [3.05, 3.63) is 0 Å². The topological polar surface area (TPSA) is 64.6 Å². The highest BCUT2D eigenvalue weighted by molar-refractivity contribution is 7.85. The fourth-order valence-electron chi connectivity index (χ4n) is 2.32. The predicted octanol–water partition coefficient (Wildman–Crippen LogP) is 1.06. The molecular formula is C10H22NO4PS. The molecule has 102 valence electrons. The summed E-state index contributed by atoms with van der Waals surface area (Å²) in [6, 6.07) is 0. The largest absolute Gasteiger partial charge is 0.361 e. The lowest BCUT2D eigenvalue weighted by atomic mass is 9.87. The van der Waals surface area contributed by atoms with E-state index in [0.717, 1.165) is 32.1 Å². The Hall–Kier alpha value is 0.260. The number of hydrogen-bond acceptors (Lipinski definition) is 5. The summed E-state index contributed by atoms with van der Waals surface area (Å²) in [7, 11) is -1.02. The summed E-state index contributed by atoms with van der Waals surface area (Å²) in [5.41, 5.74) is -0.0391. The van der Waals surface area contributed by atoms with E-state index >= 15 is 0 Å². The van der Waals surface area contributed by atoms with Crippen molar-refractivity contribution in [1.29, 1.82) is 0 Å². The standard InChI is InChI=1S/C10H22NO4PS/c1-9(15-16)10(5-3-7-11-10)6-4-8-14-17(2,12)13/h9,11H,3-8,16H2,1-2H3. The van der Waals surface area contributed by atoms with Gasteiger partial charge in [0.25, 0.3) is 10.1 Å². The van der Waals surface area contributed by atoms with E-state index in [1.54, 1.807) is 0 Å².